The fraction of sp³-hybridized carbons (Fsp3) is 0.341. The van der Waals surface area contributed by atoms with Gasteiger partial charge >= 0.3 is 0 Å². The highest BCUT2D eigenvalue weighted by atomic mass is 16.2. The van der Waals surface area contributed by atoms with Crippen molar-refractivity contribution in [3.8, 4) is 17.5 Å². The van der Waals surface area contributed by atoms with Crippen LogP contribution < -0.4 is 4.90 Å². The highest BCUT2D eigenvalue weighted by Gasteiger charge is 2.24. The number of benzene rings is 2. The van der Waals surface area contributed by atoms with Crippen molar-refractivity contribution in [1.82, 2.24) is 30.0 Å². The van der Waals surface area contributed by atoms with Crippen molar-refractivity contribution in [2.45, 2.75) is 47.5 Å². The molecule has 2 aromatic carbocycles. The minimum Gasteiger partial charge on any atom is -0.368 e. The summed E-state index contributed by atoms with van der Waals surface area (Å²) in [6.07, 6.45) is 13.1. The van der Waals surface area contributed by atoms with Gasteiger partial charge in [0.05, 0.1) is 23.8 Å². The molecule has 262 valence electrons. The molecule has 2 aliphatic heterocycles. The number of nitrogens with one attached hydrogen (secondary N) is 1. The maximum absolute atomic E-state index is 12.5. The van der Waals surface area contributed by atoms with Gasteiger partial charge in [-0.1, -0.05) is 50.3 Å². The number of likely N-dealkylation sites (tertiary alicyclic amines) is 1. The number of H-pyrrole nitrogens is 1. The first-order chi connectivity index (χ1) is 24.4. The highest BCUT2D eigenvalue weighted by molar-refractivity contribution is 5.93. The molecular formula is C41H52N8O. The van der Waals surface area contributed by atoms with Crippen molar-refractivity contribution in [1.29, 1.82) is 5.26 Å². The Kier molecular flexibility index (Phi) is 16.4. The number of fused-ring (bicyclic) bond motifs is 1. The maximum Gasteiger partial charge on any atom is 0.236 e. The van der Waals surface area contributed by atoms with Crippen LogP contribution in [0.3, 0.4) is 0 Å². The predicted molar refractivity (Wildman–Crippen MR) is 208 cm³/mol. The summed E-state index contributed by atoms with van der Waals surface area (Å²) in [4.78, 5) is 27.7. The van der Waals surface area contributed by atoms with Crippen molar-refractivity contribution < 1.29 is 4.79 Å². The van der Waals surface area contributed by atoms with Crippen LogP contribution in [0.4, 0.5) is 5.69 Å². The Morgan fingerprint density at radius 3 is 2.22 bits per heavy atom. The molecule has 1 amide bonds. The number of hydrogen-bond acceptors (Lipinski definition) is 7. The fourth-order valence-corrected chi connectivity index (χ4v) is 5.65. The van der Waals surface area contributed by atoms with E-state index in [1.54, 1.807) is 31.5 Å². The summed E-state index contributed by atoms with van der Waals surface area (Å²) in [5.74, 6) is 1.03. The second-order valence-electron chi connectivity index (χ2n) is 11.8. The lowest BCUT2D eigenvalue weighted by Crippen LogP contribution is -2.51. The molecule has 4 aromatic rings. The van der Waals surface area contributed by atoms with Crippen LogP contribution in [-0.4, -0.2) is 81.7 Å². The van der Waals surface area contributed by atoms with Gasteiger partial charge in [-0.2, -0.15) is 10.4 Å². The van der Waals surface area contributed by atoms with E-state index in [0.717, 1.165) is 72.8 Å². The third kappa shape index (κ3) is 11.4. The highest BCUT2D eigenvalue weighted by Crippen LogP contribution is 2.26. The van der Waals surface area contributed by atoms with Crippen LogP contribution >= 0.6 is 0 Å². The molecule has 0 saturated carbocycles. The van der Waals surface area contributed by atoms with E-state index in [1.165, 1.54) is 24.1 Å². The number of piperazine rings is 1. The zero-order chi connectivity index (χ0) is 36.3. The molecule has 4 heterocycles. The van der Waals surface area contributed by atoms with Gasteiger partial charge in [0.1, 0.15) is 0 Å². The molecule has 2 aliphatic rings. The van der Waals surface area contributed by atoms with Crippen LogP contribution in [0.1, 0.15) is 51.8 Å². The van der Waals surface area contributed by atoms with E-state index in [1.807, 2.05) is 62.9 Å². The first-order valence-corrected chi connectivity index (χ1v) is 17.4. The van der Waals surface area contributed by atoms with Gasteiger partial charge in [0.2, 0.25) is 5.91 Å². The first-order valence-electron chi connectivity index (χ1n) is 17.4. The van der Waals surface area contributed by atoms with Crippen LogP contribution in [0.2, 0.25) is 0 Å². The molecule has 0 radical (unpaired) electrons. The molecule has 0 bridgehead atoms. The summed E-state index contributed by atoms with van der Waals surface area (Å²) >= 11 is 0. The first kappa shape index (κ1) is 39.1. The van der Waals surface area contributed by atoms with E-state index >= 15 is 0 Å². The number of rotatable bonds is 7. The summed E-state index contributed by atoms with van der Waals surface area (Å²) < 4.78 is 0. The monoisotopic (exact) mass is 672 g/mol. The van der Waals surface area contributed by atoms with Gasteiger partial charge in [-0.15, -0.1) is 6.58 Å². The van der Waals surface area contributed by atoms with Gasteiger partial charge in [-0.25, -0.2) is 9.97 Å². The molecule has 9 nitrogen and oxygen atoms in total. The number of amides is 1. The standard InChI is InChI=1S/C20H25N5O.C16H15N3.C3H6.C2H6/c26-19(16-23-10-1-2-11-23)25-14-12-24(13-15-25)18-6-4-17(5-7-18)20-21-8-3-9-22-20;1-4-5-13(8-12(3)10-17)16-14-9-11(2)6-7-15(14)18-19-16;1-3-2;1-2/h3-9H,1-2,10-16H2;4-9H,1H2,2-3H3,(H,18,19);3H,1H2,2H3;1-2H3/b;12-8+,13-5+;;. The molecule has 0 aliphatic carbocycles. The number of hydrogen-bond donors (Lipinski definition) is 1. The van der Waals surface area contributed by atoms with Crippen LogP contribution in [0.25, 0.3) is 27.9 Å². The lowest BCUT2D eigenvalue weighted by molar-refractivity contribution is -0.132. The number of allylic oxidation sites excluding steroid dienone is 6. The molecule has 50 heavy (non-hydrogen) atoms. The molecule has 0 unspecified atom stereocenters. The number of aromatic nitrogens is 4. The van der Waals surface area contributed by atoms with E-state index < -0.39 is 0 Å². The minimum atomic E-state index is 0.281. The Bertz CT molecular complexity index is 1750. The Balaban J connectivity index is 0.000000249. The Hall–Kier alpha value is -5.33. The smallest absolute Gasteiger partial charge is 0.236 e. The van der Waals surface area contributed by atoms with Crippen LogP contribution in [0.5, 0.6) is 0 Å². The number of carbonyl (C=O) groups is 1. The second kappa shape index (κ2) is 20.9. The summed E-state index contributed by atoms with van der Waals surface area (Å²) in [6.45, 7) is 22.9. The van der Waals surface area contributed by atoms with E-state index in [-0.39, 0.29) is 5.91 Å². The van der Waals surface area contributed by atoms with Crippen molar-refractivity contribution >= 4 is 28.1 Å². The molecule has 2 saturated heterocycles. The van der Waals surface area contributed by atoms with Crippen molar-refractivity contribution in [2.75, 3.05) is 50.7 Å². The number of nitrogens with zero attached hydrogens (tertiary/aromatic N) is 7. The van der Waals surface area contributed by atoms with E-state index in [0.29, 0.717) is 12.1 Å². The number of carbonyl (C=O) groups excluding carboxylic acids is 1. The lowest BCUT2D eigenvalue weighted by atomic mass is 10.0. The number of nitriles is 1. The Morgan fingerprint density at radius 1 is 0.980 bits per heavy atom. The molecule has 6 rings (SSSR count). The third-order valence-electron chi connectivity index (χ3n) is 8.08. The summed E-state index contributed by atoms with van der Waals surface area (Å²) in [5, 5.41) is 17.3. The van der Waals surface area contributed by atoms with Gasteiger partial charge in [-0.3, -0.25) is 14.8 Å². The topological polar surface area (TPSA) is 105 Å². The van der Waals surface area contributed by atoms with Crippen LogP contribution in [0, 0.1) is 18.3 Å². The van der Waals surface area contributed by atoms with Gasteiger partial charge in [-0.05, 0) is 95.2 Å². The molecule has 0 atom stereocenters. The molecular weight excluding hydrogens is 621 g/mol. The van der Waals surface area contributed by atoms with E-state index in [2.05, 4.69) is 79.5 Å². The quantitative estimate of drug-likeness (QED) is 0.120. The molecule has 0 spiro atoms. The Morgan fingerprint density at radius 2 is 1.62 bits per heavy atom. The average molecular weight is 673 g/mol. The zero-order valence-electron chi connectivity index (χ0n) is 30.4. The Labute approximate surface area is 298 Å². The molecule has 9 heteroatoms. The second-order valence-corrected chi connectivity index (χ2v) is 11.8. The largest absolute Gasteiger partial charge is 0.368 e. The lowest BCUT2D eigenvalue weighted by Gasteiger charge is -2.36. The van der Waals surface area contributed by atoms with Crippen molar-refractivity contribution in [3.05, 3.63) is 115 Å². The summed E-state index contributed by atoms with van der Waals surface area (Å²) in [5.41, 5.74) is 6.73. The van der Waals surface area contributed by atoms with Gasteiger partial charge in [0, 0.05) is 66.4 Å². The van der Waals surface area contributed by atoms with Crippen molar-refractivity contribution in [3.63, 3.8) is 0 Å². The van der Waals surface area contributed by atoms with Gasteiger partial charge < -0.3 is 9.80 Å². The van der Waals surface area contributed by atoms with Gasteiger partial charge in [0.25, 0.3) is 0 Å². The SMILES string of the molecule is C=C/C=C(\C=C(/C)C#N)c1n[nH]c2ccc(C)cc12.C=CC.CC.O=C(CN1CCCC1)N1CCN(c2ccc(-c3ncccn3)cc2)CC1. The van der Waals surface area contributed by atoms with E-state index in [9.17, 15) is 4.79 Å². The third-order valence-corrected chi connectivity index (χ3v) is 8.08. The number of aryl methyl sites for hydroxylation is 1. The zero-order valence-corrected chi connectivity index (χ0v) is 30.4. The van der Waals surface area contributed by atoms with Crippen LogP contribution in [-0.2, 0) is 4.79 Å². The fourth-order valence-electron chi connectivity index (χ4n) is 5.65. The molecule has 2 fully saturated rings. The molecule has 1 N–H and O–H groups in total. The minimum absolute atomic E-state index is 0.281. The van der Waals surface area contributed by atoms with Gasteiger partial charge in [0.15, 0.2) is 5.82 Å². The normalized spacial score (nSPS) is 14.6. The molecule has 2 aromatic heterocycles. The number of anilines is 1. The van der Waals surface area contributed by atoms with E-state index in [4.69, 9.17) is 5.26 Å². The summed E-state index contributed by atoms with van der Waals surface area (Å²) in [7, 11) is 0. The predicted octanol–water partition coefficient (Wildman–Crippen LogP) is 8.02. The average Bonchev–Trinajstić information content (AvgIpc) is 3.83. The van der Waals surface area contributed by atoms with Crippen molar-refractivity contribution in [2.24, 2.45) is 0 Å². The maximum atomic E-state index is 12.5. The van der Waals surface area contributed by atoms with Crippen LogP contribution in [0.15, 0.2) is 104 Å². The number of aromatic amines is 1. The summed E-state index contributed by atoms with van der Waals surface area (Å²) in [6, 6.07) is 18.4.